The molecule has 0 bridgehead atoms. The molecule has 2 amide bonds. The summed E-state index contributed by atoms with van der Waals surface area (Å²) < 4.78 is 0. The Morgan fingerprint density at radius 1 is 1.22 bits per heavy atom. The Morgan fingerprint density at radius 2 is 1.74 bits per heavy atom. The number of carbonyl (C=O) groups excluding carboxylic acids is 2. The number of halogens is 1. The quantitative estimate of drug-likeness (QED) is 0.543. The predicted molar refractivity (Wildman–Crippen MR) is 91.2 cm³/mol. The number of nitrogens with one attached hydrogen (secondary N) is 1. The van der Waals surface area contributed by atoms with Crippen molar-refractivity contribution in [3.05, 3.63) is 29.8 Å². The number of rotatable bonds is 7. The Labute approximate surface area is 142 Å². The van der Waals surface area contributed by atoms with Crippen LogP contribution in [0.5, 0.6) is 5.75 Å². The molecule has 8 N–H and O–H groups in total. The third-order valence-electron chi connectivity index (χ3n) is 3.10. The molecule has 132 valence electrons. The highest BCUT2D eigenvalue weighted by Crippen LogP contribution is 2.11. The van der Waals surface area contributed by atoms with Gasteiger partial charge in [-0.05, 0) is 30.0 Å². The molecule has 1 aromatic carbocycles. The van der Waals surface area contributed by atoms with E-state index in [-0.39, 0.29) is 41.9 Å². The lowest BCUT2D eigenvalue weighted by Crippen LogP contribution is -2.51. The monoisotopic (exact) mass is 347 g/mol. The number of carbonyl (C=O) groups is 2. The van der Waals surface area contributed by atoms with Gasteiger partial charge in [-0.1, -0.05) is 26.0 Å². The zero-order valence-corrected chi connectivity index (χ0v) is 14.1. The second-order valence-corrected chi connectivity index (χ2v) is 5.57. The standard InChI is InChI=1S/C15H23N3O3.ClH.H2O/c1-9(2)7-12(16)15(21)18-13(14(17)20)8-10-3-5-11(19)6-4-10;;/h3-6,9,12-13,19H,7-8,16H2,1-2H3,(H2,17,20)(H,18,21);1H;1H2/t12-,13-;;/m0../s1. The number of hydrogen-bond acceptors (Lipinski definition) is 4. The van der Waals surface area contributed by atoms with Crippen molar-refractivity contribution >= 4 is 24.2 Å². The zero-order valence-electron chi connectivity index (χ0n) is 13.3. The molecule has 0 unspecified atom stereocenters. The highest BCUT2D eigenvalue weighted by atomic mass is 35.5. The van der Waals surface area contributed by atoms with Crippen LogP contribution in [-0.4, -0.2) is 34.5 Å². The largest absolute Gasteiger partial charge is 0.508 e. The Kier molecular flexibility index (Phi) is 11.0. The summed E-state index contributed by atoms with van der Waals surface area (Å²) in [4.78, 5) is 23.4. The molecule has 0 aliphatic heterocycles. The summed E-state index contributed by atoms with van der Waals surface area (Å²) in [5, 5.41) is 11.8. The fourth-order valence-corrected chi connectivity index (χ4v) is 1.98. The van der Waals surface area contributed by atoms with Crippen LogP contribution in [0.15, 0.2) is 24.3 Å². The number of aromatic hydroxyl groups is 1. The van der Waals surface area contributed by atoms with Gasteiger partial charge in [-0.3, -0.25) is 9.59 Å². The van der Waals surface area contributed by atoms with Gasteiger partial charge < -0.3 is 27.4 Å². The summed E-state index contributed by atoms with van der Waals surface area (Å²) in [5.74, 6) is -0.577. The van der Waals surface area contributed by atoms with Gasteiger partial charge >= 0.3 is 0 Å². The van der Waals surface area contributed by atoms with E-state index < -0.39 is 18.0 Å². The van der Waals surface area contributed by atoms with Crippen molar-refractivity contribution in [2.45, 2.75) is 38.8 Å². The van der Waals surface area contributed by atoms with E-state index in [2.05, 4.69) is 5.32 Å². The number of benzene rings is 1. The van der Waals surface area contributed by atoms with Crippen LogP contribution in [0.1, 0.15) is 25.8 Å². The van der Waals surface area contributed by atoms with Crippen molar-refractivity contribution in [2.75, 3.05) is 0 Å². The average molecular weight is 348 g/mol. The Morgan fingerprint density at radius 3 is 2.17 bits per heavy atom. The smallest absolute Gasteiger partial charge is 0.240 e. The highest BCUT2D eigenvalue weighted by molar-refractivity contribution is 5.89. The first-order chi connectivity index (χ1) is 9.79. The van der Waals surface area contributed by atoms with Crippen LogP contribution in [0.2, 0.25) is 0 Å². The Bertz CT molecular complexity index is 494. The molecule has 0 saturated carbocycles. The second-order valence-electron chi connectivity index (χ2n) is 5.57. The maximum absolute atomic E-state index is 12.0. The molecule has 0 spiro atoms. The average Bonchev–Trinajstić information content (AvgIpc) is 2.39. The molecule has 23 heavy (non-hydrogen) atoms. The van der Waals surface area contributed by atoms with Gasteiger partial charge in [-0.25, -0.2) is 0 Å². The summed E-state index contributed by atoms with van der Waals surface area (Å²) in [6.07, 6.45) is 0.798. The number of nitrogens with two attached hydrogens (primary N) is 2. The lowest BCUT2D eigenvalue weighted by atomic mass is 10.0. The van der Waals surface area contributed by atoms with E-state index in [1.807, 2.05) is 13.8 Å². The van der Waals surface area contributed by atoms with E-state index in [4.69, 9.17) is 11.5 Å². The minimum atomic E-state index is -0.819. The zero-order chi connectivity index (χ0) is 16.0. The molecular weight excluding hydrogens is 322 g/mol. The van der Waals surface area contributed by atoms with Gasteiger partial charge in [-0.2, -0.15) is 0 Å². The normalized spacial score (nSPS) is 12.5. The lowest BCUT2D eigenvalue weighted by molar-refractivity contribution is -0.128. The molecule has 1 rings (SSSR count). The minimum absolute atomic E-state index is 0. The molecule has 2 atom stereocenters. The number of phenols is 1. The maximum Gasteiger partial charge on any atom is 0.240 e. The van der Waals surface area contributed by atoms with Crippen LogP contribution in [-0.2, 0) is 16.0 Å². The third-order valence-corrected chi connectivity index (χ3v) is 3.10. The third kappa shape index (κ3) is 8.39. The first-order valence-corrected chi connectivity index (χ1v) is 6.92. The highest BCUT2D eigenvalue weighted by Gasteiger charge is 2.22. The van der Waals surface area contributed by atoms with E-state index in [1.165, 1.54) is 12.1 Å². The summed E-state index contributed by atoms with van der Waals surface area (Å²) >= 11 is 0. The van der Waals surface area contributed by atoms with Crippen LogP contribution in [0, 0.1) is 5.92 Å². The fraction of sp³-hybridized carbons (Fsp3) is 0.467. The first-order valence-electron chi connectivity index (χ1n) is 6.92. The number of phenolic OH excluding ortho intramolecular Hbond substituents is 1. The van der Waals surface area contributed by atoms with E-state index in [0.717, 1.165) is 5.56 Å². The molecule has 0 fully saturated rings. The molecular formula is C15H26ClN3O4. The summed E-state index contributed by atoms with van der Waals surface area (Å²) in [5.41, 5.74) is 11.9. The minimum Gasteiger partial charge on any atom is -0.508 e. The molecule has 0 radical (unpaired) electrons. The molecule has 0 aromatic heterocycles. The van der Waals surface area contributed by atoms with Crippen molar-refractivity contribution in [3.63, 3.8) is 0 Å². The molecule has 0 saturated heterocycles. The molecule has 7 nitrogen and oxygen atoms in total. The van der Waals surface area contributed by atoms with Gasteiger partial charge in [0.1, 0.15) is 11.8 Å². The number of primary amides is 1. The van der Waals surface area contributed by atoms with Crippen molar-refractivity contribution in [3.8, 4) is 5.75 Å². The van der Waals surface area contributed by atoms with Gasteiger partial charge in [0.05, 0.1) is 6.04 Å². The lowest BCUT2D eigenvalue weighted by Gasteiger charge is -2.19. The van der Waals surface area contributed by atoms with Gasteiger partial charge in [0, 0.05) is 6.42 Å². The SMILES string of the molecule is CC(C)C[C@H](N)C(=O)N[C@@H](Cc1ccc(O)cc1)C(N)=O.Cl.O. The van der Waals surface area contributed by atoms with Crippen molar-refractivity contribution in [1.29, 1.82) is 0 Å². The maximum atomic E-state index is 12.0. The van der Waals surface area contributed by atoms with Crippen molar-refractivity contribution in [2.24, 2.45) is 17.4 Å². The number of amides is 2. The summed E-state index contributed by atoms with van der Waals surface area (Å²) in [7, 11) is 0. The molecule has 0 heterocycles. The molecule has 0 aliphatic carbocycles. The van der Waals surface area contributed by atoms with Crippen LogP contribution >= 0.6 is 12.4 Å². The Balaban J connectivity index is 0. The van der Waals surface area contributed by atoms with Crippen molar-refractivity contribution < 1.29 is 20.2 Å². The van der Waals surface area contributed by atoms with E-state index >= 15 is 0 Å². The van der Waals surface area contributed by atoms with Crippen LogP contribution in [0.3, 0.4) is 0 Å². The topological polar surface area (TPSA) is 150 Å². The summed E-state index contributed by atoms with van der Waals surface area (Å²) in [6, 6.07) is 4.89. The second kappa shape index (κ2) is 10.8. The number of hydrogen-bond donors (Lipinski definition) is 4. The summed E-state index contributed by atoms with van der Waals surface area (Å²) in [6.45, 7) is 3.93. The van der Waals surface area contributed by atoms with Crippen LogP contribution in [0.4, 0.5) is 0 Å². The fourth-order valence-electron chi connectivity index (χ4n) is 1.98. The van der Waals surface area contributed by atoms with Crippen LogP contribution in [0.25, 0.3) is 0 Å². The molecule has 1 aromatic rings. The van der Waals surface area contributed by atoms with Gasteiger partial charge in [0.15, 0.2) is 0 Å². The van der Waals surface area contributed by atoms with E-state index in [0.29, 0.717) is 6.42 Å². The predicted octanol–water partition coefficient (Wildman–Crippen LogP) is -0.125. The van der Waals surface area contributed by atoms with E-state index in [1.54, 1.807) is 12.1 Å². The first kappa shape index (κ1) is 23.4. The van der Waals surface area contributed by atoms with E-state index in [9.17, 15) is 14.7 Å². The van der Waals surface area contributed by atoms with Gasteiger partial charge in [0.2, 0.25) is 11.8 Å². The Hall–Kier alpha value is -1.83. The van der Waals surface area contributed by atoms with Gasteiger partial charge in [-0.15, -0.1) is 12.4 Å². The van der Waals surface area contributed by atoms with Crippen LogP contribution < -0.4 is 16.8 Å². The van der Waals surface area contributed by atoms with Gasteiger partial charge in [0.25, 0.3) is 0 Å². The molecule has 8 heteroatoms. The van der Waals surface area contributed by atoms with Crippen molar-refractivity contribution in [1.82, 2.24) is 5.32 Å². The molecule has 0 aliphatic rings.